The number of hydrogen-bond donors (Lipinski definition) is 1. The zero-order chi connectivity index (χ0) is 16.8. The highest BCUT2D eigenvalue weighted by Crippen LogP contribution is 2.17. The van der Waals surface area contributed by atoms with Crippen LogP contribution in [0.25, 0.3) is 11.3 Å². The second-order valence-electron chi connectivity index (χ2n) is 5.33. The van der Waals surface area contributed by atoms with Gasteiger partial charge in [0.05, 0.1) is 5.69 Å². The molecule has 1 N–H and O–H groups in total. The first-order chi connectivity index (χ1) is 11.7. The van der Waals surface area contributed by atoms with E-state index in [1.165, 1.54) is 0 Å². The van der Waals surface area contributed by atoms with Gasteiger partial charge in [-0.05, 0) is 30.7 Å². The number of esters is 1. The number of rotatable bonds is 6. The van der Waals surface area contributed by atoms with Crippen LogP contribution >= 0.6 is 0 Å². The van der Waals surface area contributed by atoms with Gasteiger partial charge < -0.3 is 9.47 Å². The average molecular weight is 322 g/mol. The van der Waals surface area contributed by atoms with Crippen LogP contribution in [-0.2, 0) is 4.74 Å². The molecule has 0 saturated heterocycles. The number of ether oxygens (including phenoxy) is 2. The second-order valence-corrected chi connectivity index (χ2v) is 5.33. The summed E-state index contributed by atoms with van der Waals surface area (Å²) in [6.07, 6.45) is 0. The Hall–Kier alpha value is -3.08. The van der Waals surface area contributed by atoms with Crippen molar-refractivity contribution < 1.29 is 14.3 Å². The second kappa shape index (κ2) is 7.46. The van der Waals surface area contributed by atoms with E-state index in [-0.39, 0.29) is 6.61 Å². The summed E-state index contributed by atoms with van der Waals surface area (Å²) in [5.41, 5.74) is 3.09. The zero-order valence-electron chi connectivity index (χ0n) is 13.4. The number of nitrogens with one attached hydrogen (secondary N) is 1. The Balaban J connectivity index is 1.50. The normalized spacial score (nSPS) is 10.4. The average Bonchev–Trinajstić information content (AvgIpc) is 3.10. The lowest BCUT2D eigenvalue weighted by molar-refractivity contribution is 0.0443. The summed E-state index contributed by atoms with van der Waals surface area (Å²) in [7, 11) is 0. The van der Waals surface area contributed by atoms with Crippen LogP contribution in [0.4, 0.5) is 0 Å². The van der Waals surface area contributed by atoms with E-state index in [9.17, 15) is 4.79 Å². The van der Waals surface area contributed by atoms with Gasteiger partial charge in [-0.25, -0.2) is 4.79 Å². The Morgan fingerprint density at radius 3 is 2.67 bits per heavy atom. The van der Waals surface area contributed by atoms with Gasteiger partial charge in [0.1, 0.15) is 24.7 Å². The molecule has 5 heteroatoms. The van der Waals surface area contributed by atoms with Gasteiger partial charge in [0.2, 0.25) is 0 Å². The van der Waals surface area contributed by atoms with Gasteiger partial charge in [-0.2, -0.15) is 5.10 Å². The quantitative estimate of drug-likeness (QED) is 0.556. The SMILES string of the molecule is Cc1cccc(OCCOC(=O)c2cc(-c3ccccc3)n[nH]2)c1. The molecule has 1 aromatic heterocycles. The molecule has 1 heterocycles. The Morgan fingerprint density at radius 2 is 1.88 bits per heavy atom. The first-order valence-corrected chi connectivity index (χ1v) is 7.70. The fourth-order valence-electron chi connectivity index (χ4n) is 2.26. The molecule has 122 valence electrons. The largest absolute Gasteiger partial charge is 0.490 e. The van der Waals surface area contributed by atoms with Crippen molar-refractivity contribution >= 4 is 5.97 Å². The van der Waals surface area contributed by atoms with Crippen LogP contribution in [0.2, 0.25) is 0 Å². The molecule has 2 aromatic carbocycles. The number of aromatic amines is 1. The summed E-state index contributed by atoms with van der Waals surface area (Å²) >= 11 is 0. The van der Waals surface area contributed by atoms with Crippen LogP contribution in [-0.4, -0.2) is 29.4 Å². The van der Waals surface area contributed by atoms with Gasteiger partial charge >= 0.3 is 5.97 Å². The third-order valence-electron chi connectivity index (χ3n) is 3.44. The van der Waals surface area contributed by atoms with E-state index in [4.69, 9.17) is 9.47 Å². The maximum Gasteiger partial charge on any atom is 0.356 e. The Morgan fingerprint density at radius 1 is 1.04 bits per heavy atom. The number of aromatic nitrogens is 2. The molecule has 0 fully saturated rings. The summed E-state index contributed by atoms with van der Waals surface area (Å²) < 4.78 is 10.7. The minimum absolute atomic E-state index is 0.173. The summed E-state index contributed by atoms with van der Waals surface area (Å²) in [5, 5.41) is 6.84. The Labute approximate surface area is 140 Å². The molecule has 3 rings (SSSR count). The first kappa shape index (κ1) is 15.8. The highest BCUT2D eigenvalue weighted by atomic mass is 16.6. The predicted molar refractivity (Wildman–Crippen MR) is 91.0 cm³/mol. The number of carbonyl (C=O) groups is 1. The number of benzene rings is 2. The standard InChI is InChI=1S/C19H18N2O3/c1-14-6-5-9-16(12-14)23-10-11-24-19(22)18-13-17(20-21-18)15-7-3-2-4-8-15/h2-9,12-13H,10-11H2,1H3,(H,20,21). The maximum absolute atomic E-state index is 12.0. The van der Waals surface area contributed by atoms with Crippen molar-refractivity contribution in [2.24, 2.45) is 0 Å². The van der Waals surface area contributed by atoms with Gasteiger partial charge in [-0.3, -0.25) is 5.10 Å². The molecule has 5 nitrogen and oxygen atoms in total. The number of carbonyl (C=O) groups excluding carboxylic acids is 1. The van der Waals surface area contributed by atoms with Crippen LogP contribution in [0.15, 0.2) is 60.7 Å². The molecule has 0 atom stereocenters. The molecule has 0 aliphatic carbocycles. The highest BCUT2D eigenvalue weighted by Gasteiger charge is 2.12. The smallest absolute Gasteiger partial charge is 0.356 e. The topological polar surface area (TPSA) is 64.2 Å². The molecular formula is C19H18N2O3. The van der Waals surface area contributed by atoms with Gasteiger partial charge in [0.15, 0.2) is 0 Å². The van der Waals surface area contributed by atoms with E-state index in [0.717, 1.165) is 16.9 Å². The van der Waals surface area contributed by atoms with E-state index in [0.29, 0.717) is 18.0 Å². The molecule has 0 amide bonds. The lowest BCUT2D eigenvalue weighted by Gasteiger charge is -2.07. The molecule has 0 bridgehead atoms. The van der Waals surface area contributed by atoms with Gasteiger partial charge in [-0.15, -0.1) is 0 Å². The van der Waals surface area contributed by atoms with Crippen LogP contribution in [0.5, 0.6) is 5.75 Å². The predicted octanol–water partition coefficient (Wildman–Crippen LogP) is 3.62. The molecule has 0 spiro atoms. The zero-order valence-corrected chi connectivity index (χ0v) is 13.4. The summed E-state index contributed by atoms with van der Waals surface area (Å²) in [6, 6.07) is 19.0. The van der Waals surface area contributed by atoms with Crippen LogP contribution in [0, 0.1) is 6.92 Å². The van der Waals surface area contributed by atoms with E-state index in [2.05, 4.69) is 10.2 Å². The molecule has 3 aromatic rings. The fraction of sp³-hybridized carbons (Fsp3) is 0.158. The minimum Gasteiger partial charge on any atom is -0.490 e. The van der Waals surface area contributed by atoms with Crippen molar-refractivity contribution in [2.75, 3.05) is 13.2 Å². The van der Waals surface area contributed by atoms with Crippen LogP contribution in [0.1, 0.15) is 16.1 Å². The van der Waals surface area contributed by atoms with Crippen LogP contribution in [0.3, 0.4) is 0 Å². The lowest BCUT2D eigenvalue weighted by atomic mass is 10.1. The highest BCUT2D eigenvalue weighted by molar-refractivity contribution is 5.88. The molecule has 0 aliphatic rings. The minimum atomic E-state index is -0.447. The summed E-state index contributed by atoms with van der Waals surface area (Å²) in [5.74, 6) is 0.316. The van der Waals surface area contributed by atoms with E-state index >= 15 is 0 Å². The van der Waals surface area contributed by atoms with E-state index in [1.807, 2.05) is 61.5 Å². The van der Waals surface area contributed by atoms with Crippen LogP contribution < -0.4 is 4.74 Å². The molecule has 24 heavy (non-hydrogen) atoms. The monoisotopic (exact) mass is 322 g/mol. The molecule has 0 radical (unpaired) electrons. The Kier molecular flexibility index (Phi) is 4.91. The summed E-state index contributed by atoms with van der Waals surface area (Å²) in [6.45, 7) is 2.47. The Bertz CT molecular complexity index is 812. The summed E-state index contributed by atoms with van der Waals surface area (Å²) in [4.78, 5) is 12.0. The number of H-pyrrole nitrogens is 1. The van der Waals surface area contributed by atoms with Gasteiger partial charge in [0.25, 0.3) is 0 Å². The van der Waals surface area contributed by atoms with Crippen molar-refractivity contribution in [1.82, 2.24) is 10.2 Å². The molecular weight excluding hydrogens is 304 g/mol. The fourth-order valence-corrected chi connectivity index (χ4v) is 2.26. The first-order valence-electron chi connectivity index (χ1n) is 7.70. The maximum atomic E-state index is 12.0. The van der Waals surface area contributed by atoms with E-state index in [1.54, 1.807) is 6.07 Å². The third-order valence-corrected chi connectivity index (χ3v) is 3.44. The van der Waals surface area contributed by atoms with Crippen molar-refractivity contribution in [2.45, 2.75) is 6.92 Å². The molecule has 0 aliphatic heterocycles. The number of nitrogens with zero attached hydrogens (tertiary/aromatic N) is 1. The van der Waals surface area contributed by atoms with Gasteiger partial charge in [0, 0.05) is 5.56 Å². The van der Waals surface area contributed by atoms with Crippen molar-refractivity contribution in [3.05, 3.63) is 71.9 Å². The molecule has 0 saturated carbocycles. The van der Waals surface area contributed by atoms with E-state index < -0.39 is 5.97 Å². The number of aryl methyl sites for hydroxylation is 1. The van der Waals surface area contributed by atoms with Crippen molar-refractivity contribution in [3.8, 4) is 17.0 Å². The lowest BCUT2D eigenvalue weighted by Crippen LogP contribution is -2.12. The van der Waals surface area contributed by atoms with Gasteiger partial charge in [-0.1, -0.05) is 42.5 Å². The van der Waals surface area contributed by atoms with Crippen molar-refractivity contribution in [3.63, 3.8) is 0 Å². The molecule has 0 unspecified atom stereocenters. The number of hydrogen-bond acceptors (Lipinski definition) is 4. The third kappa shape index (κ3) is 4.01. The van der Waals surface area contributed by atoms with Crippen molar-refractivity contribution in [1.29, 1.82) is 0 Å².